The molecule has 1 aromatic rings. The first-order valence-electron chi connectivity index (χ1n) is 3.94. The maximum Gasteiger partial charge on any atom is 0.140 e. The van der Waals surface area contributed by atoms with E-state index >= 15 is 0 Å². The van der Waals surface area contributed by atoms with E-state index in [1.54, 1.807) is 6.07 Å². The zero-order valence-electron chi connectivity index (χ0n) is 7.58. The van der Waals surface area contributed by atoms with E-state index in [4.69, 9.17) is 22.0 Å². The molecule has 0 aliphatic rings. The molecule has 0 saturated carbocycles. The van der Waals surface area contributed by atoms with Gasteiger partial charge in [0.15, 0.2) is 0 Å². The summed E-state index contributed by atoms with van der Waals surface area (Å²) in [6, 6.07) is 4.89. The zero-order valence-corrected chi connectivity index (χ0v) is 8.34. The summed E-state index contributed by atoms with van der Waals surface area (Å²) in [6.45, 7) is 3.76. The lowest BCUT2D eigenvalue weighted by Gasteiger charge is -1.97. The highest BCUT2D eigenvalue weighted by atomic mass is 35.5. The molecule has 1 N–H and O–H groups in total. The van der Waals surface area contributed by atoms with Gasteiger partial charge in [-0.15, -0.1) is 0 Å². The highest BCUT2D eigenvalue weighted by Crippen LogP contribution is 2.13. The summed E-state index contributed by atoms with van der Waals surface area (Å²) in [5.74, 6) is 0. The van der Waals surface area contributed by atoms with Crippen LogP contribution in [0.4, 0.5) is 0 Å². The Morgan fingerprint density at radius 3 is 2.62 bits per heavy atom. The molecule has 0 aliphatic heterocycles. The first-order chi connectivity index (χ1) is 6.27. The average Bonchev–Trinajstić information content (AvgIpc) is 2.22. The van der Waals surface area contributed by atoms with E-state index in [9.17, 15) is 0 Å². The van der Waals surface area contributed by atoms with Crippen LogP contribution in [0.5, 0.6) is 0 Å². The average molecular weight is 199 g/mol. The maximum absolute atomic E-state index is 8.68. The molecule has 0 spiro atoms. The van der Waals surface area contributed by atoms with Gasteiger partial charge in [0.1, 0.15) is 11.8 Å². The number of aliphatic hydroxyl groups excluding tert-OH is 1. The minimum absolute atomic E-state index is 0.242. The highest BCUT2D eigenvalue weighted by Gasteiger charge is 2.00. The summed E-state index contributed by atoms with van der Waals surface area (Å²) in [7, 11) is 0. The Balaban J connectivity index is 0.000000671. The van der Waals surface area contributed by atoms with Crippen molar-refractivity contribution in [2.75, 3.05) is 0 Å². The molecular weight excluding hydrogens is 188 g/mol. The van der Waals surface area contributed by atoms with E-state index in [2.05, 4.69) is 4.98 Å². The van der Waals surface area contributed by atoms with Crippen molar-refractivity contribution < 1.29 is 5.11 Å². The quantitative estimate of drug-likeness (QED) is 0.752. The molecule has 1 aromatic heterocycles. The van der Waals surface area contributed by atoms with Gasteiger partial charge in [0.05, 0.1) is 17.3 Å². The molecule has 3 nitrogen and oxygen atoms in total. The molecule has 0 bridgehead atoms. The van der Waals surface area contributed by atoms with Crippen molar-refractivity contribution in [1.29, 1.82) is 5.26 Å². The van der Waals surface area contributed by atoms with Crippen LogP contribution in [0.1, 0.15) is 25.2 Å². The number of nitrogens with zero attached hydrogens (tertiary/aromatic N) is 2. The summed E-state index contributed by atoms with van der Waals surface area (Å²) >= 11 is 5.62. The summed E-state index contributed by atoms with van der Waals surface area (Å²) in [5, 5.41) is 17.5. The number of aliphatic hydroxyl groups is 1. The summed E-state index contributed by atoms with van der Waals surface area (Å²) in [5.41, 5.74) is 0.601. The van der Waals surface area contributed by atoms with Crippen LogP contribution in [0, 0.1) is 11.3 Å². The van der Waals surface area contributed by atoms with Crippen LogP contribution in [0.2, 0.25) is 5.02 Å². The van der Waals surface area contributed by atoms with Crippen molar-refractivity contribution in [3.63, 3.8) is 0 Å². The van der Waals surface area contributed by atoms with Gasteiger partial charge in [-0.05, 0) is 12.1 Å². The molecule has 13 heavy (non-hydrogen) atoms. The lowest BCUT2D eigenvalue weighted by atomic mass is 10.3. The number of hydrogen-bond donors (Lipinski definition) is 1. The molecule has 0 aliphatic carbocycles. The summed E-state index contributed by atoms with van der Waals surface area (Å²) < 4.78 is 0. The number of pyridine rings is 1. The lowest BCUT2D eigenvalue weighted by molar-refractivity contribution is 0.277. The van der Waals surface area contributed by atoms with E-state index < -0.39 is 0 Å². The molecule has 4 heteroatoms. The number of nitriles is 1. The van der Waals surface area contributed by atoms with Gasteiger partial charge in [-0.3, -0.25) is 0 Å². The Morgan fingerprint density at radius 2 is 2.15 bits per heavy atom. The molecule has 0 fully saturated rings. The Hall–Kier alpha value is -1.11. The standard InChI is InChI=1S/C7H5ClN2O.C2H6/c8-6-2-1-5(3-9)10-7(6)4-11;1-2/h1-2,11H,4H2;1-2H3. The first kappa shape index (κ1) is 11.9. The van der Waals surface area contributed by atoms with Gasteiger partial charge in [-0.25, -0.2) is 4.98 Å². The summed E-state index contributed by atoms with van der Waals surface area (Å²) in [6.07, 6.45) is 0. The zero-order chi connectivity index (χ0) is 10.3. The van der Waals surface area contributed by atoms with E-state index in [0.29, 0.717) is 10.7 Å². The Labute approximate surface area is 82.6 Å². The van der Waals surface area contributed by atoms with Crippen LogP contribution in [0.15, 0.2) is 12.1 Å². The third-order valence-corrected chi connectivity index (χ3v) is 1.53. The minimum atomic E-state index is -0.242. The third kappa shape index (κ3) is 3.41. The highest BCUT2D eigenvalue weighted by molar-refractivity contribution is 6.31. The first-order valence-corrected chi connectivity index (χ1v) is 4.32. The number of aromatic nitrogens is 1. The van der Waals surface area contributed by atoms with E-state index in [1.807, 2.05) is 19.9 Å². The minimum Gasteiger partial charge on any atom is -0.390 e. The smallest absolute Gasteiger partial charge is 0.140 e. The molecule has 1 rings (SSSR count). The second-order valence-electron chi connectivity index (χ2n) is 1.89. The normalized spacial score (nSPS) is 8.23. The number of hydrogen-bond acceptors (Lipinski definition) is 3. The fourth-order valence-corrected chi connectivity index (χ4v) is 0.823. The van der Waals surface area contributed by atoms with Crippen molar-refractivity contribution in [1.82, 2.24) is 4.98 Å². The second-order valence-corrected chi connectivity index (χ2v) is 2.30. The molecule has 0 atom stereocenters. The van der Waals surface area contributed by atoms with Gasteiger partial charge in [0.2, 0.25) is 0 Å². The van der Waals surface area contributed by atoms with Crippen molar-refractivity contribution in [3.05, 3.63) is 28.5 Å². The van der Waals surface area contributed by atoms with E-state index in [0.717, 1.165) is 0 Å². The van der Waals surface area contributed by atoms with Crippen LogP contribution in [0.3, 0.4) is 0 Å². The lowest BCUT2D eigenvalue weighted by Crippen LogP contribution is -1.92. The van der Waals surface area contributed by atoms with Crippen LogP contribution in [-0.4, -0.2) is 10.1 Å². The van der Waals surface area contributed by atoms with Crippen molar-refractivity contribution in [2.24, 2.45) is 0 Å². The van der Waals surface area contributed by atoms with Crippen LogP contribution in [-0.2, 0) is 6.61 Å². The van der Waals surface area contributed by atoms with Gasteiger partial charge < -0.3 is 5.11 Å². The predicted octanol–water partition coefficient (Wildman–Crippen LogP) is 2.13. The molecule has 0 saturated heterocycles. The molecule has 1 heterocycles. The molecule has 0 unspecified atom stereocenters. The van der Waals surface area contributed by atoms with Crippen molar-refractivity contribution in [3.8, 4) is 6.07 Å². The van der Waals surface area contributed by atoms with Gasteiger partial charge >= 0.3 is 0 Å². The molecular formula is C9H11ClN2O. The second kappa shape index (κ2) is 6.41. The summed E-state index contributed by atoms with van der Waals surface area (Å²) in [4.78, 5) is 3.77. The van der Waals surface area contributed by atoms with Crippen molar-refractivity contribution in [2.45, 2.75) is 20.5 Å². The van der Waals surface area contributed by atoms with Gasteiger partial charge in [-0.1, -0.05) is 25.4 Å². The van der Waals surface area contributed by atoms with Gasteiger partial charge in [-0.2, -0.15) is 5.26 Å². The molecule has 70 valence electrons. The number of halogens is 1. The fraction of sp³-hybridized carbons (Fsp3) is 0.333. The Bertz CT molecular complexity index is 307. The Kier molecular flexibility index (Phi) is 5.86. The fourth-order valence-electron chi connectivity index (χ4n) is 0.658. The van der Waals surface area contributed by atoms with Gasteiger partial charge in [0.25, 0.3) is 0 Å². The SMILES string of the molecule is CC.N#Cc1ccc(Cl)c(CO)n1. The van der Waals surface area contributed by atoms with Gasteiger partial charge in [0, 0.05) is 0 Å². The largest absolute Gasteiger partial charge is 0.390 e. The van der Waals surface area contributed by atoms with Crippen LogP contribution < -0.4 is 0 Å². The van der Waals surface area contributed by atoms with Crippen LogP contribution in [0.25, 0.3) is 0 Å². The topological polar surface area (TPSA) is 56.9 Å². The van der Waals surface area contributed by atoms with Crippen LogP contribution >= 0.6 is 11.6 Å². The molecule has 0 amide bonds. The maximum atomic E-state index is 8.68. The van der Waals surface area contributed by atoms with E-state index in [1.165, 1.54) is 6.07 Å². The number of rotatable bonds is 1. The third-order valence-electron chi connectivity index (χ3n) is 1.18. The molecule has 0 radical (unpaired) electrons. The Morgan fingerprint density at radius 1 is 1.54 bits per heavy atom. The molecule has 0 aromatic carbocycles. The van der Waals surface area contributed by atoms with E-state index in [-0.39, 0.29) is 12.3 Å². The van der Waals surface area contributed by atoms with Crippen molar-refractivity contribution >= 4 is 11.6 Å². The monoisotopic (exact) mass is 198 g/mol. The predicted molar refractivity (Wildman–Crippen MR) is 51.2 cm³/mol.